The summed E-state index contributed by atoms with van der Waals surface area (Å²) in [5.74, 6) is 4.41. The zero-order valence-corrected chi connectivity index (χ0v) is 27.0. The van der Waals surface area contributed by atoms with E-state index in [2.05, 4.69) is 139 Å². The normalized spacial score (nSPS) is 21.0. The number of ether oxygens (including phenoxy) is 2. The van der Waals surface area contributed by atoms with Gasteiger partial charge >= 0.3 is 0 Å². The lowest BCUT2D eigenvalue weighted by atomic mass is 9.74. The van der Waals surface area contributed by atoms with Crippen LogP contribution < -0.4 is 9.47 Å². The SMILES string of the molecule is C1=C=C(C2=CC3c4cccc5c(-c6ccc7c8c(cccc68)-c6ccccc6O7)ccc(c45)C3C=C2)C2=C3C=1Oc1ccccc1C3CC=C2. The summed E-state index contributed by atoms with van der Waals surface area (Å²) in [5, 5.41) is 5.10. The summed E-state index contributed by atoms with van der Waals surface area (Å²) in [6.07, 6.45) is 12.8. The lowest BCUT2D eigenvalue weighted by molar-refractivity contribution is 0.398. The third kappa shape index (κ3) is 3.44. The number of allylic oxidation sites excluding steroid dienone is 9. The molecule has 2 aliphatic heterocycles. The molecule has 50 heavy (non-hydrogen) atoms. The monoisotopic (exact) mass is 636 g/mol. The van der Waals surface area contributed by atoms with E-state index in [0.29, 0.717) is 5.92 Å². The minimum atomic E-state index is 0.252. The molecule has 0 fully saturated rings. The fourth-order valence-corrected chi connectivity index (χ4v) is 9.53. The second-order valence-corrected chi connectivity index (χ2v) is 14.1. The highest BCUT2D eigenvalue weighted by Gasteiger charge is 2.38. The second-order valence-electron chi connectivity index (χ2n) is 14.1. The Kier molecular flexibility index (Phi) is 5.14. The standard InChI is InChI=1S/C48H28O2/c1-3-16-42-32(8-1)37-13-5-10-34-28(22-24-44(49-42)47(34)37)27-18-19-31-40-21-20-29(35-11-6-15-39(46(35)40)41(31)26-27)30-23-25-45-48-36(30)12-7-14-38(48)33-9-2-4-17-43(33)50-45/h1-12,14-21,23,25-26,31,37,41H,13H2. The third-order valence-electron chi connectivity index (χ3n) is 11.6. The summed E-state index contributed by atoms with van der Waals surface area (Å²) in [6, 6.07) is 39.4. The molecule has 6 aromatic rings. The minimum Gasteiger partial charge on any atom is -0.456 e. The van der Waals surface area contributed by atoms with Gasteiger partial charge in [0.2, 0.25) is 0 Å². The highest BCUT2D eigenvalue weighted by Crippen LogP contribution is 2.55. The van der Waals surface area contributed by atoms with E-state index < -0.39 is 0 Å². The van der Waals surface area contributed by atoms with E-state index in [1.807, 2.05) is 12.1 Å². The van der Waals surface area contributed by atoms with Gasteiger partial charge in [-0.25, -0.2) is 0 Å². The van der Waals surface area contributed by atoms with Crippen LogP contribution in [0.25, 0.3) is 43.8 Å². The van der Waals surface area contributed by atoms with E-state index in [-0.39, 0.29) is 11.8 Å². The molecule has 0 N–H and O–H groups in total. The first kappa shape index (κ1) is 26.6. The molecule has 2 nitrogen and oxygen atoms in total. The van der Waals surface area contributed by atoms with E-state index in [4.69, 9.17) is 9.47 Å². The molecule has 0 radical (unpaired) electrons. The number of benzene rings is 6. The van der Waals surface area contributed by atoms with Crippen LogP contribution in [-0.2, 0) is 0 Å². The average molecular weight is 637 g/mol. The zero-order chi connectivity index (χ0) is 32.5. The molecular formula is C48H28O2. The van der Waals surface area contributed by atoms with Crippen LogP contribution in [0.5, 0.6) is 17.2 Å². The molecule has 6 aliphatic rings. The van der Waals surface area contributed by atoms with Gasteiger partial charge in [0, 0.05) is 45.4 Å². The molecule has 0 bridgehead atoms. The first-order valence-electron chi connectivity index (χ1n) is 17.5. The van der Waals surface area contributed by atoms with E-state index in [0.717, 1.165) is 40.6 Å². The van der Waals surface area contributed by atoms with Gasteiger partial charge in [0.25, 0.3) is 0 Å². The summed E-state index contributed by atoms with van der Waals surface area (Å²) < 4.78 is 12.8. The van der Waals surface area contributed by atoms with Gasteiger partial charge in [0.1, 0.15) is 17.2 Å². The number of rotatable bonds is 2. The van der Waals surface area contributed by atoms with Crippen LogP contribution in [0.15, 0.2) is 179 Å². The van der Waals surface area contributed by atoms with Crippen LogP contribution >= 0.6 is 0 Å². The molecule has 0 aromatic heterocycles. The van der Waals surface area contributed by atoms with Crippen molar-refractivity contribution in [2.45, 2.75) is 24.2 Å². The van der Waals surface area contributed by atoms with Crippen molar-refractivity contribution < 1.29 is 9.47 Å². The number of para-hydroxylation sites is 2. The summed E-state index contributed by atoms with van der Waals surface area (Å²) in [6.45, 7) is 0. The Balaban J connectivity index is 0.995. The second kappa shape index (κ2) is 9.65. The lowest BCUT2D eigenvalue weighted by Gasteiger charge is -2.34. The van der Waals surface area contributed by atoms with Crippen molar-refractivity contribution in [3.8, 4) is 39.5 Å². The van der Waals surface area contributed by atoms with Crippen LogP contribution in [0, 0.1) is 0 Å². The number of fused-ring (bicyclic) bond motifs is 7. The van der Waals surface area contributed by atoms with Crippen LogP contribution in [0.2, 0.25) is 0 Å². The van der Waals surface area contributed by atoms with Crippen molar-refractivity contribution >= 4 is 21.5 Å². The van der Waals surface area contributed by atoms with Crippen LogP contribution in [0.3, 0.4) is 0 Å². The highest BCUT2D eigenvalue weighted by molar-refractivity contribution is 6.13. The maximum atomic E-state index is 6.43. The van der Waals surface area contributed by atoms with Crippen LogP contribution in [0.4, 0.5) is 0 Å². The Morgan fingerprint density at radius 2 is 1.30 bits per heavy atom. The van der Waals surface area contributed by atoms with Gasteiger partial charge in [0.05, 0.1) is 0 Å². The van der Waals surface area contributed by atoms with Crippen molar-refractivity contribution in [2.24, 2.45) is 0 Å². The van der Waals surface area contributed by atoms with Crippen LogP contribution in [0.1, 0.15) is 40.9 Å². The molecule has 4 aliphatic carbocycles. The molecule has 6 aromatic carbocycles. The third-order valence-corrected chi connectivity index (χ3v) is 11.6. The van der Waals surface area contributed by atoms with Gasteiger partial charge < -0.3 is 9.47 Å². The molecule has 0 saturated carbocycles. The smallest absolute Gasteiger partial charge is 0.182 e. The number of hydrogen-bond donors (Lipinski definition) is 0. The lowest BCUT2D eigenvalue weighted by Crippen LogP contribution is -2.20. The average Bonchev–Trinajstić information content (AvgIpc) is 3.50. The fourth-order valence-electron chi connectivity index (χ4n) is 9.53. The van der Waals surface area contributed by atoms with E-state index in [1.54, 1.807) is 0 Å². The van der Waals surface area contributed by atoms with Gasteiger partial charge in [-0.2, -0.15) is 0 Å². The topological polar surface area (TPSA) is 18.5 Å². The Labute approximate surface area is 289 Å². The number of hydrogen-bond acceptors (Lipinski definition) is 2. The fraction of sp³-hybridized carbons (Fsp3) is 0.0833. The predicted molar refractivity (Wildman–Crippen MR) is 200 cm³/mol. The Morgan fingerprint density at radius 1 is 0.540 bits per heavy atom. The molecule has 0 saturated heterocycles. The summed E-state index contributed by atoms with van der Waals surface area (Å²) in [4.78, 5) is 0. The van der Waals surface area contributed by atoms with Crippen molar-refractivity contribution in [2.75, 3.05) is 0 Å². The van der Waals surface area contributed by atoms with Crippen molar-refractivity contribution in [3.63, 3.8) is 0 Å². The summed E-state index contributed by atoms with van der Waals surface area (Å²) >= 11 is 0. The van der Waals surface area contributed by atoms with Crippen LogP contribution in [-0.4, -0.2) is 0 Å². The molecular weight excluding hydrogens is 609 g/mol. The molecule has 3 unspecified atom stereocenters. The van der Waals surface area contributed by atoms with Gasteiger partial charge in [0.15, 0.2) is 5.76 Å². The Bertz CT molecular complexity index is 2820. The van der Waals surface area contributed by atoms with E-state index in [1.165, 1.54) is 71.6 Å². The molecule has 0 spiro atoms. The largest absolute Gasteiger partial charge is 0.456 e. The molecule has 0 amide bonds. The maximum Gasteiger partial charge on any atom is 0.182 e. The highest BCUT2D eigenvalue weighted by atomic mass is 16.5. The van der Waals surface area contributed by atoms with Gasteiger partial charge in [-0.15, -0.1) is 0 Å². The van der Waals surface area contributed by atoms with Gasteiger partial charge in [-0.1, -0.05) is 127 Å². The van der Waals surface area contributed by atoms with Gasteiger partial charge in [-0.05, 0) is 85.5 Å². The minimum absolute atomic E-state index is 0.252. The Hall–Kier alpha value is -6.30. The van der Waals surface area contributed by atoms with E-state index >= 15 is 0 Å². The summed E-state index contributed by atoms with van der Waals surface area (Å²) in [5.41, 5.74) is 20.7. The quantitative estimate of drug-likeness (QED) is 0.176. The molecule has 3 atom stereocenters. The predicted octanol–water partition coefficient (Wildman–Crippen LogP) is 12.1. The maximum absolute atomic E-state index is 6.43. The van der Waals surface area contributed by atoms with Crippen molar-refractivity contribution in [1.29, 1.82) is 0 Å². The first-order chi connectivity index (χ1) is 24.8. The Morgan fingerprint density at radius 3 is 2.24 bits per heavy atom. The van der Waals surface area contributed by atoms with E-state index in [9.17, 15) is 0 Å². The zero-order valence-electron chi connectivity index (χ0n) is 27.0. The molecule has 232 valence electrons. The first-order valence-corrected chi connectivity index (χ1v) is 17.5. The van der Waals surface area contributed by atoms with Gasteiger partial charge in [-0.3, -0.25) is 0 Å². The summed E-state index contributed by atoms with van der Waals surface area (Å²) in [7, 11) is 0. The van der Waals surface area contributed by atoms with Crippen molar-refractivity contribution in [3.05, 3.63) is 196 Å². The molecule has 2 heterocycles. The molecule has 2 heteroatoms. The van der Waals surface area contributed by atoms with Crippen molar-refractivity contribution in [1.82, 2.24) is 0 Å². The molecule has 12 rings (SSSR count).